The summed E-state index contributed by atoms with van der Waals surface area (Å²) in [5.41, 5.74) is 16.0. The van der Waals surface area contributed by atoms with Crippen LogP contribution in [0.4, 0.5) is 0 Å². The maximum atomic E-state index is 14.2. The summed E-state index contributed by atoms with van der Waals surface area (Å²) < 4.78 is -0.630. The molecule has 1 fully saturated rings. The van der Waals surface area contributed by atoms with Crippen molar-refractivity contribution in [2.24, 2.45) is 11.5 Å². The van der Waals surface area contributed by atoms with E-state index < -0.39 is 22.9 Å². The maximum absolute atomic E-state index is 14.2. The van der Waals surface area contributed by atoms with Gasteiger partial charge in [0.05, 0.1) is 22.2 Å². The normalized spacial score (nSPS) is 17.1. The van der Waals surface area contributed by atoms with Gasteiger partial charge in [-0.15, -0.1) is 11.3 Å². The zero-order valence-electron chi connectivity index (χ0n) is 28.5. The molecule has 0 spiro atoms. The van der Waals surface area contributed by atoms with Gasteiger partial charge in [0.25, 0.3) is 0 Å². The molecule has 1 aliphatic heterocycles. The number of likely N-dealkylation sites (tertiary alicyclic amines) is 1. The molecule has 7 N–H and O–H groups in total. The van der Waals surface area contributed by atoms with E-state index in [0.717, 1.165) is 85.2 Å². The summed E-state index contributed by atoms with van der Waals surface area (Å²) in [7, 11) is 0. The highest BCUT2D eigenvalue weighted by Gasteiger charge is 2.46. The first kappa shape index (κ1) is 38.9. The van der Waals surface area contributed by atoms with E-state index in [2.05, 4.69) is 15.6 Å². The zero-order valence-corrected chi connectivity index (χ0v) is 30.1. The molecule has 1 aromatic carbocycles. The number of thioether (sulfide) groups is 1. The Morgan fingerprint density at radius 1 is 1.02 bits per heavy atom. The Hall–Kier alpha value is -2.51. The molecule has 10 nitrogen and oxygen atoms in total. The molecule has 47 heavy (non-hydrogen) atoms. The number of aromatic nitrogens is 1. The van der Waals surface area contributed by atoms with Crippen LogP contribution in [0.1, 0.15) is 95.7 Å². The Morgan fingerprint density at radius 2 is 1.66 bits per heavy atom. The van der Waals surface area contributed by atoms with Crippen molar-refractivity contribution in [3.05, 3.63) is 41.0 Å². The van der Waals surface area contributed by atoms with Crippen molar-refractivity contribution in [1.82, 2.24) is 20.5 Å². The number of thiazole rings is 1. The number of aliphatic hydroxyl groups excluding tert-OH is 1. The summed E-state index contributed by atoms with van der Waals surface area (Å²) >= 11 is 3.25. The van der Waals surface area contributed by atoms with E-state index in [9.17, 15) is 19.5 Å². The maximum Gasteiger partial charge on any atom is 0.247 e. The van der Waals surface area contributed by atoms with Crippen molar-refractivity contribution in [2.75, 3.05) is 25.4 Å². The Labute approximate surface area is 289 Å². The summed E-state index contributed by atoms with van der Waals surface area (Å²) in [6, 6.07) is 6.31. The number of hydrogen-bond acceptors (Lipinski definition) is 9. The zero-order chi connectivity index (χ0) is 34.2. The predicted molar refractivity (Wildman–Crippen MR) is 193 cm³/mol. The van der Waals surface area contributed by atoms with Crippen molar-refractivity contribution in [3.63, 3.8) is 0 Å². The number of carbonyl (C=O) groups is 3. The van der Waals surface area contributed by atoms with Crippen molar-refractivity contribution in [1.29, 1.82) is 0 Å². The minimum atomic E-state index is -0.843. The molecule has 0 aliphatic carbocycles. The van der Waals surface area contributed by atoms with Crippen LogP contribution in [0.5, 0.6) is 0 Å². The second kappa shape index (κ2) is 20.1. The summed E-state index contributed by atoms with van der Waals surface area (Å²) in [4.78, 5) is 47.8. The predicted octanol–water partition coefficient (Wildman–Crippen LogP) is 4.51. The number of hydrogen-bond donors (Lipinski definition) is 5. The van der Waals surface area contributed by atoms with Crippen LogP contribution in [0.25, 0.3) is 10.4 Å². The van der Waals surface area contributed by atoms with E-state index in [4.69, 9.17) is 11.5 Å². The van der Waals surface area contributed by atoms with Crippen molar-refractivity contribution in [2.45, 2.75) is 121 Å². The van der Waals surface area contributed by atoms with Crippen LogP contribution in [-0.4, -0.2) is 81.0 Å². The molecule has 1 saturated heterocycles. The summed E-state index contributed by atoms with van der Waals surface area (Å²) in [5.74, 6) is 0.0244. The fourth-order valence-electron chi connectivity index (χ4n) is 5.88. The highest BCUT2D eigenvalue weighted by Crippen LogP contribution is 2.33. The van der Waals surface area contributed by atoms with Gasteiger partial charge in [-0.05, 0) is 76.4 Å². The van der Waals surface area contributed by atoms with Gasteiger partial charge in [-0.3, -0.25) is 14.4 Å². The second-order valence-electron chi connectivity index (χ2n) is 13.0. The molecule has 0 bridgehead atoms. The largest absolute Gasteiger partial charge is 0.391 e. The number of nitrogens with two attached hydrogens (primary N) is 2. The lowest BCUT2D eigenvalue weighted by Crippen LogP contribution is -2.59. The molecule has 262 valence electrons. The number of aliphatic hydroxyl groups is 1. The van der Waals surface area contributed by atoms with Crippen molar-refractivity contribution < 1.29 is 19.5 Å². The molecule has 3 atom stereocenters. The molecule has 1 unspecified atom stereocenters. The Balaban J connectivity index is 1.66. The quantitative estimate of drug-likeness (QED) is 0.120. The first-order valence-electron chi connectivity index (χ1n) is 17.2. The number of amides is 3. The van der Waals surface area contributed by atoms with Crippen LogP contribution in [0.2, 0.25) is 0 Å². The third kappa shape index (κ3) is 12.5. The van der Waals surface area contributed by atoms with Gasteiger partial charge in [-0.25, -0.2) is 4.98 Å². The van der Waals surface area contributed by atoms with E-state index in [0.29, 0.717) is 26.1 Å². The first-order valence-corrected chi connectivity index (χ1v) is 19.0. The molecule has 2 heterocycles. The highest BCUT2D eigenvalue weighted by atomic mass is 32.2. The number of carbonyl (C=O) groups excluding carboxylic acids is 3. The number of aryl methyl sites for hydroxylation is 1. The van der Waals surface area contributed by atoms with Gasteiger partial charge < -0.3 is 32.1 Å². The topological polar surface area (TPSA) is 164 Å². The van der Waals surface area contributed by atoms with Gasteiger partial charge in [0.1, 0.15) is 12.1 Å². The average Bonchev–Trinajstić information content (AvgIpc) is 3.67. The fraction of sp³-hybridized carbons (Fsp3) is 0.657. The van der Waals surface area contributed by atoms with E-state index >= 15 is 0 Å². The van der Waals surface area contributed by atoms with Gasteiger partial charge in [-0.2, -0.15) is 11.8 Å². The number of β-amino-alcohol motifs (C(OH)–C–C–N with tert-alkyl or cyclic N) is 1. The number of rotatable bonds is 21. The minimum absolute atomic E-state index is 0.0488. The van der Waals surface area contributed by atoms with E-state index in [1.165, 1.54) is 4.90 Å². The van der Waals surface area contributed by atoms with Crippen LogP contribution in [0.3, 0.4) is 0 Å². The number of nitrogens with one attached hydrogen (secondary N) is 2. The van der Waals surface area contributed by atoms with E-state index in [1.807, 2.05) is 50.5 Å². The molecule has 1 aromatic heterocycles. The Bertz CT molecular complexity index is 1250. The molecule has 2 aromatic rings. The third-order valence-electron chi connectivity index (χ3n) is 8.72. The Kier molecular flexibility index (Phi) is 16.7. The molecule has 0 radical (unpaired) electrons. The van der Waals surface area contributed by atoms with Crippen LogP contribution < -0.4 is 22.1 Å². The second-order valence-corrected chi connectivity index (χ2v) is 15.6. The summed E-state index contributed by atoms with van der Waals surface area (Å²) in [6.45, 7) is 7.65. The summed E-state index contributed by atoms with van der Waals surface area (Å²) in [5, 5.41) is 16.6. The minimum Gasteiger partial charge on any atom is -0.391 e. The Morgan fingerprint density at radius 3 is 2.30 bits per heavy atom. The van der Waals surface area contributed by atoms with Crippen LogP contribution >= 0.6 is 23.1 Å². The molecule has 1 aliphatic rings. The van der Waals surface area contributed by atoms with Gasteiger partial charge in [-0.1, -0.05) is 56.4 Å². The monoisotopic (exact) mass is 688 g/mol. The van der Waals surface area contributed by atoms with E-state index in [1.54, 1.807) is 23.1 Å². The molecule has 0 saturated carbocycles. The lowest BCUT2D eigenvalue weighted by Gasteiger charge is -2.37. The molecule has 3 rings (SSSR count). The third-order valence-corrected chi connectivity index (χ3v) is 11.2. The average molecular weight is 689 g/mol. The van der Waals surface area contributed by atoms with Gasteiger partial charge in [0.2, 0.25) is 17.7 Å². The molecule has 12 heteroatoms. The van der Waals surface area contributed by atoms with E-state index in [-0.39, 0.29) is 30.7 Å². The number of unbranched alkanes of at least 4 members (excludes halogenated alkanes) is 7. The van der Waals surface area contributed by atoms with Crippen molar-refractivity contribution >= 4 is 40.8 Å². The summed E-state index contributed by atoms with van der Waals surface area (Å²) in [6.07, 6.45) is 8.51. The molecular formula is C35H56N6O4S2. The van der Waals surface area contributed by atoms with Gasteiger partial charge in [0.15, 0.2) is 0 Å². The number of nitrogens with zero attached hydrogens (tertiary/aromatic N) is 2. The van der Waals surface area contributed by atoms with Gasteiger partial charge >= 0.3 is 0 Å². The standard InChI is InChI=1S/C35H56N6O4S2/c1-25-31(46-24-39-25)27-16-14-26(15-17-27)22-38-33(44)29-21-28(42)23-41(29)34(45)32(35(2,3)47-20-12-8-7-11-19-37)40-30(43)13-9-5-4-6-10-18-36/h14-17,24,28-29,32,42H,4-13,18-23,36-37H2,1-3H3,(H,38,44)(H,40,43)/t28-,29+,32?/m1/s1. The van der Waals surface area contributed by atoms with Crippen LogP contribution in [0, 0.1) is 6.92 Å². The SMILES string of the molecule is Cc1ncsc1-c1ccc(CNC(=O)[C@@H]2C[C@@H](O)CN2C(=O)C(NC(=O)CCCCCCCN)C(C)(C)SCCCCCCN)cc1. The first-order chi connectivity index (χ1) is 22.6. The number of benzene rings is 1. The molecule has 3 amide bonds. The smallest absolute Gasteiger partial charge is 0.247 e. The molecular weight excluding hydrogens is 633 g/mol. The van der Waals surface area contributed by atoms with Crippen LogP contribution in [-0.2, 0) is 20.9 Å². The van der Waals surface area contributed by atoms with Crippen molar-refractivity contribution in [3.8, 4) is 10.4 Å². The van der Waals surface area contributed by atoms with Crippen LogP contribution in [0.15, 0.2) is 29.8 Å². The lowest BCUT2D eigenvalue weighted by molar-refractivity contribution is -0.142. The van der Waals surface area contributed by atoms with Gasteiger partial charge in [0, 0.05) is 30.7 Å². The lowest BCUT2D eigenvalue weighted by atomic mass is 10.00. The highest BCUT2D eigenvalue weighted by molar-refractivity contribution is 8.00. The fourth-order valence-corrected chi connectivity index (χ4v) is 7.89.